The van der Waals surface area contributed by atoms with E-state index in [1.807, 2.05) is 0 Å². The van der Waals surface area contributed by atoms with Gasteiger partial charge < -0.3 is 14.8 Å². The van der Waals surface area contributed by atoms with Crippen LogP contribution in [0.25, 0.3) is 0 Å². The van der Waals surface area contributed by atoms with Gasteiger partial charge in [0.15, 0.2) is 6.61 Å². The number of esters is 1. The molecule has 0 spiro atoms. The highest BCUT2D eigenvalue weighted by Gasteiger charge is 2.19. The molecule has 0 bridgehead atoms. The zero-order chi connectivity index (χ0) is 20.0. The molecule has 8 nitrogen and oxygen atoms in total. The zero-order valence-electron chi connectivity index (χ0n) is 15.1. The first kappa shape index (κ1) is 20.4. The van der Waals surface area contributed by atoms with Crippen molar-refractivity contribution in [2.75, 3.05) is 33.1 Å². The number of benzene rings is 2. The SMILES string of the molecule is COc1ccc(NC(=O)COC(=O)c2cccc(S(=O)(=O)N(C)C)c2)cc1. The summed E-state index contributed by atoms with van der Waals surface area (Å²) in [6.07, 6.45) is 0. The molecule has 0 radical (unpaired) electrons. The van der Waals surface area contributed by atoms with Crippen molar-refractivity contribution in [1.29, 1.82) is 0 Å². The molecule has 144 valence electrons. The van der Waals surface area contributed by atoms with E-state index in [1.54, 1.807) is 24.3 Å². The van der Waals surface area contributed by atoms with Gasteiger partial charge in [-0.1, -0.05) is 6.07 Å². The van der Waals surface area contributed by atoms with Crippen LogP contribution in [0, 0.1) is 0 Å². The molecule has 0 aromatic heterocycles. The first-order chi connectivity index (χ1) is 12.7. The minimum Gasteiger partial charge on any atom is -0.497 e. The lowest BCUT2D eigenvalue weighted by atomic mass is 10.2. The van der Waals surface area contributed by atoms with E-state index in [4.69, 9.17) is 9.47 Å². The maximum atomic E-state index is 12.1. The van der Waals surface area contributed by atoms with Crippen LogP contribution in [0.3, 0.4) is 0 Å². The maximum Gasteiger partial charge on any atom is 0.338 e. The van der Waals surface area contributed by atoms with Gasteiger partial charge in [-0.25, -0.2) is 17.5 Å². The number of nitrogens with one attached hydrogen (secondary N) is 1. The summed E-state index contributed by atoms with van der Waals surface area (Å²) in [4.78, 5) is 24.0. The van der Waals surface area contributed by atoms with Crippen LogP contribution in [-0.2, 0) is 19.6 Å². The average molecular weight is 392 g/mol. The molecule has 1 amide bonds. The smallest absolute Gasteiger partial charge is 0.338 e. The third-order valence-corrected chi connectivity index (χ3v) is 5.37. The molecule has 27 heavy (non-hydrogen) atoms. The summed E-state index contributed by atoms with van der Waals surface area (Å²) in [6.45, 7) is -0.504. The van der Waals surface area contributed by atoms with Crippen molar-refractivity contribution in [2.24, 2.45) is 0 Å². The highest BCUT2D eigenvalue weighted by atomic mass is 32.2. The molecular weight excluding hydrogens is 372 g/mol. The van der Waals surface area contributed by atoms with E-state index in [-0.39, 0.29) is 10.5 Å². The first-order valence-electron chi connectivity index (χ1n) is 7.87. The fourth-order valence-electron chi connectivity index (χ4n) is 2.08. The summed E-state index contributed by atoms with van der Waals surface area (Å²) >= 11 is 0. The molecule has 2 rings (SSSR count). The largest absolute Gasteiger partial charge is 0.497 e. The van der Waals surface area contributed by atoms with Crippen molar-refractivity contribution in [3.8, 4) is 5.75 Å². The van der Waals surface area contributed by atoms with Crippen LogP contribution >= 0.6 is 0 Å². The summed E-state index contributed by atoms with van der Waals surface area (Å²) in [7, 11) is 0.644. The van der Waals surface area contributed by atoms with Crippen molar-refractivity contribution >= 4 is 27.6 Å². The summed E-state index contributed by atoms with van der Waals surface area (Å²) in [5, 5.41) is 2.58. The Balaban J connectivity index is 1.98. The molecule has 0 aliphatic rings. The maximum absolute atomic E-state index is 12.1. The van der Waals surface area contributed by atoms with Gasteiger partial charge in [-0.3, -0.25) is 4.79 Å². The van der Waals surface area contributed by atoms with Crippen LogP contribution in [0.4, 0.5) is 5.69 Å². The summed E-state index contributed by atoms with van der Waals surface area (Å²) < 4.78 is 35.3. The Bertz CT molecular complexity index is 923. The Morgan fingerprint density at radius 2 is 1.74 bits per heavy atom. The number of nitrogens with zero attached hydrogens (tertiary/aromatic N) is 1. The van der Waals surface area contributed by atoms with E-state index < -0.39 is 28.5 Å². The van der Waals surface area contributed by atoms with Crippen molar-refractivity contribution in [3.63, 3.8) is 0 Å². The number of ether oxygens (including phenoxy) is 2. The van der Waals surface area contributed by atoms with Gasteiger partial charge in [0.1, 0.15) is 5.75 Å². The molecule has 0 heterocycles. The predicted molar refractivity (Wildman–Crippen MR) is 99.2 cm³/mol. The van der Waals surface area contributed by atoms with Crippen molar-refractivity contribution < 1.29 is 27.5 Å². The lowest BCUT2D eigenvalue weighted by molar-refractivity contribution is -0.119. The topological polar surface area (TPSA) is 102 Å². The highest BCUT2D eigenvalue weighted by molar-refractivity contribution is 7.89. The number of amides is 1. The molecule has 0 fully saturated rings. The summed E-state index contributed by atoms with van der Waals surface area (Å²) in [5.74, 6) is -0.673. The van der Waals surface area contributed by atoms with Crippen LogP contribution in [-0.4, -0.2) is 52.4 Å². The number of hydrogen-bond donors (Lipinski definition) is 1. The minimum atomic E-state index is -3.67. The monoisotopic (exact) mass is 392 g/mol. The quantitative estimate of drug-likeness (QED) is 0.720. The van der Waals surface area contributed by atoms with Gasteiger partial charge in [0.05, 0.1) is 17.6 Å². The number of methoxy groups -OCH3 is 1. The summed E-state index contributed by atoms with van der Waals surface area (Å²) in [5.41, 5.74) is 0.561. The van der Waals surface area contributed by atoms with Crippen LogP contribution in [0.5, 0.6) is 5.75 Å². The van der Waals surface area contributed by atoms with Crippen molar-refractivity contribution in [2.45, 2.75) is 4.90 Å². The Kier molecular flexibility index (Phi) is 6.54. The second-order valence-corrected chi connectivity index (χ2v) is 7.82. The molecule has 0 aliphatic carbocycles. The molecule has 0 saturated carbocycles. The van der Waals surface area contributed by atoms with Gasteiger partial charge in [0.25, 0.3) is 5.91 Å². The van der Waals surface area contributed by atoms with Crippen LogP contribution < -0.4 is 10.1 Å². The van der Waals surface area contributed by atoms with E-state index in [9.17, 15) is 18.0 Å². The number of carbonyl (C=O) groups is 2. The normalized spacial score (nSPS) is 11.1. The van der Waals surface area contributed by atoms with E-state index >= 15 is 0 Å². The van der Waals surface area contributed by atoms with E-state index in [0.29, 0.717) is 11.4 Å². The van der Waals surface area contributed by atoms with Gasteiger partial charge in [0, 0.05) is 19.8 Å². The van der Waals surface area contributed by atoms with Crippen LogP contribution in [0.1, 0.15) is 10.4 Å². The molecule has 0 atom stereocenters. The highest BCUT2D eigenvalue weighted by Crippen LogP contribution is 2.16. The fraction of sp³-hybridized carbons (Fsp3) is 0.222. The fourth-order valence-corrected chi connectivity index (χ4v) is 3.03. The molecule has 1 N–H and O–H groups in total. The predicted octanol–water partition coefficient (Wildman–Crippen LogP) is 1.74. The van der Waals surface area contributed by atoms with Gasteiger partial charge in [-0.15, -0.1) is 0 Å². The lowest BCUT2D eigenvalue weighted by Crippen LogP contribution is -2.23. The number of anilines is 1. The molecule has 0 unspecified atom stereocenters. The number of hydrogen-bond acceptors (Lipinski definition) is 6. The van der Waals surface area contributed by atoms with E-state index in [2.05, 4.69) is 5.32 Å². The third-order valence-electron chi connectivity index (χ3n) is 3.56. The zero-order valence-corrected chi connectivity index (χ0v) is 15.9. The Morgan fingerprint density at radius 3 is 2.33 bits per heavy atom. The van der Waals surface area contributed by atoms with Gasteiger partial charge in [-0.2, -0.15) is 0 Å². The molecule has 2 aromatic rings. The first-order valence-corrected chi connectivity index (χ1v) is 9.31. The number of sulfonamides is 1. The Morgan fingerprint density at radius 1 is 1.07 bits per heavy atom. The Labute approximate surface area is 157 Å². The van der Waals surface area contributed by atoms with E-state index in [0.717, 1.165) is 4.31 Å². The molecule has 2 aromatic carbocycles. The lowest BCUT2D eigenvalue weighted by Gasteiger charge is -2.12. The Hall–Kier alpha value is -2.91. The second-order valence-electron chi connectivity index (χ2n) is 5.67. The van der Waals surface area contributed by atoms with Crippen molar-refractivity contribution in [1.82, 2.24) is 4.31 Å². The van der Waals surface area contributed by atoms with E-state index in [1.165, 1.54) is 45.5 Å². The molecule has 0 aliphatic heterocycles. The number of rotatable bonds is 7. The molecule has 0 saturated heterocycles. The molecule has 9 heteroatoms. The standard InChI is InChI=1S/C18H20N2O6S/c1-20(2)27(23,24)16-6-4-5-13(11-16)18(22)26-12-17(21)19-14-7-9-15(25-3)10-8-14/h4-11H,12H2,1-3H3,(H,19,21). The molecular formula is C18H20N2O6S. The van der Waals surface area contributed by atoms with Gasteiger partial charge >= 0.3 is 5.97 Å². The van der Waals surface area contributed by atoms with Crippen LogP contribution in [0.2, 0.25) is 0 Å². The third kappa shape index (κ3) is 5.28. The average Bonchev–Trinajstić information content (AvgIpc) is 2.66. The number of carbonyl (C=O) groups excluding carboxylic acids is 2. The minimum absolute atomic E-state index is 0.0372. The second kappa shape index (κ2) is 8.65. The summed E-state index contributed by atoms with van der Waals surface area (Å²) in [6, 6.07) is 12.1. The van der Waals surface area contributed by atoms with Crippen molar-refractivity contribution in [3.05, 3.63) is 54.1 Å². The van der Waals surface area contributed by atoms with Gasteiger partial charge in [-0.05, 0) is 42.5 Å². The van der Waals surface area contributed by atoms with Crippen LogP contribution in [0.15, 0.2) is 53.4 Å². The van der Waals surface area contributed by atoms with Gasteiger partial charge in [0.2, 0.25) is 10.0 Å².